The van der Waals surface area contributed by atoms with Crippen LogP contribution in [0.4, 0.5) is 10.1 Å². The van der Waals surface area contributed by atoms with Crippen LogP contribution in [0, 0.1) is 5.82 Å². The quantitative estimate of drug-likeness (QED) is 0.829. The molecule has 21 heavy (non-hydrogen) atoms. The van der Waals surface area contributed by atoms with Crippen molar-refractivity contribution in [3.63, 3.8) is 0 Å². The van der Waals surface area contributed by atoms with Crippen molar-refractivity contribution in [3.8, 4) is 5.75 Å². The van der Waals surface area contributed by atoms with Crippen molar-refractivity contribution in [2.75, 3.05) is 43.9 Å². The van der Waals surface area contributed by atoms with Gasteiger partial charge in [-0.15, -0.1) is 0 Å². The molecule has 1 aliphatic rings. The van der Waals surface area contributed by atoms with Crippen LogP contribution in [0.1, 0.15) is 13.3 Å². The summed E-state index contributed by atoms with van der Waals surface area (Å²) in [5.74, 6) is 0.312. The molecule has 118 valence electrons. The molecule has 1 saturated heterocycles. The first-order valence-corrected chi connectivity index (χ1v) is 8.65. The van der Waals surface area contributed by atoms with Crippen molar-refractivity contribution < 1.29 is 17.5 Å². The zero-order chi connectivity index (χ0) is 15.5. The topological polar surface area (TPSA) is 49.9 Å². The third-order valence-corrected chi connectivity index (χ3v) is 5.65. The maximum atomic E-state index is 13.2. The summed E-state index contributed by atoms with van der Waals surface area (Å²) in [5, 5.41) is 0. The average molecular weight is 316 g/mol. The predicted octanol–water partition coefficient (Wildman–Crippen LogP) is 1.70. The van der Waals surface area contributed by atoms with Crippen LogP contribution in [0.15, 0.2) is 18.2 Å². The molecule has 7 heteroatoms. The smallest absolute Gasteiger partial charge is 0.214 e. The van der Waals surface area contributed by atoms with E-state index in [4.69, 9.17) is 4.74 Å². The summed E-state index contributed by atoms with van der Waals surface area (Å²) in [7, 11) is -1.65. The Hall–Kier alpha value is -1.34. The van der Waals surface area contributed by atoms with E-state index in [0.717, 1.165) is 5.69 Å². The van der Waals surface area contributed by atoms with Crippen molar-refractivity contribution >= 4 is 15.7 Å². The van der Waals surface area contributed by atoms with Gasteiger partial charge in [0.05, 0.1) is 18.6 Å². The van der Waals surface area contributed by atoms with Gasteiger partial charge in [-0.3, -0.25) is 0 Å². The molecular weight excluding hydrogens is 295 g/mol. The van der Waals surface area contributed by atoms with Crippen LogP contribution in [-0.4, -0.2) is 51.8 Å². The minimum absolute atomic E-state index is 0.187. The molecule has 0 saturated carbocycles. The molecule has 0 aliphatic carbocycles. The lowest BCUT2D eigenvalue weighted by molar-refractivity contribution is 0.377. The molecule has 0 bridgehead atoms. The van der Waals surface area contributed by atoms with Gasteiger partial charge in [0, 0.05) is 32.2 Å². The van der Waals surface area contributed by atoms with E-state index in [2.05, 4.69) is 0 Å². The highest BCUT2D eigenvalue weighted by atomic mass is 32.2. The Morgan fingerprint density at radius 1 is 1.24 bits per heavy atom. The van der Waals surface area contributed by atoms with Gasteiger partial charge in [0.2, 0.25) is 10.0 Å². The molecule has 0 unspecified atom stereocenters. The molecule has 5 nitrogen and oxygen atoms in total. The Kier molecular flexibility index (Phi) is 5.05. The average Bonchev–Trinajstić information content (AvgIpc) is 2.47. The number of sulfonamides is 1. The number of ether oxygens (including phenoxy) is 1. The molecule has 0 amide bonds. The molecule has 1 fully saturated rings. The standard InChI is InChI=1S/C14H21FN2O3S/c1-3-10-21(18,19)17-8-6-16(7-9-17)13-5-4-12(15)11-14(13)20-2/h4-5,11H,3,6-10H2,1-2H3. The van der Waals surface area contributed by atoms with Crippen LogP contribution in [0.2, 0.25) is 0 Å². The highest BCUT2D eigenvalue weighted by molar-refractivity contribution is 7.89. The minimum atomic E-state index is -3.15. The molecule has 1 aliphatic heterocycles. The second-order valence-electron chi connectivity index (χ2n) is 5.02. The number of nitrogens with zero attached hydrogens (tertiary/aromatic N) is 2. The van der Waals surface area contributed by atoms with E-state index in [1.165, 1.54) is 23.5 Å². The zero-order valence-electron chi connectivity index (χ0n) is 12.4. The number of hydrogen-bond acceptors (Lipinski definition) is 4. The summed E-state index contributed by atoms with van der Waals surface area (Å²) in [6, 6.07) is 4.40. The number of methoxy groups -OCH3 is 1. The van der Waals surface area contributed by atoms with Gasteiger partial charge in [-0.05, 0) is 18.6 Å². The Bertz CT molecular complexity index is 584. The van der Waals surface area contributed by atoms with Gasteiger partial charge in [0.25, 0.3) is 0 Å². The van der Waals surface area contributed by atoms with E-state index in [9.17, 15) is 12.8 Å². The first-order chi connectivity index (χ1) is 9.97. The fourth-order valence-electron chi connectivity index (χ4n) is 2.51. The van der Waals surface area contributed by atoms with Gasteiger partial charge in [0.15, 0.2) is 0 Å². The summed E-state index contributed by atoms with van der Waals surface area (Å²) in [4.78, 5) is 2.02. The van der Waals surface area contributed by atoms with Gasteiger partial charge in [0.1, 0.15) is 11.6 Å². The van der Waals surface area contributed by atoms with E-state index in [0.29, 0.717) is 38.3 Å². The van der Waals surface area contributed by atoms with E-state index in [1.807, 2.05) is 11.8 Å². The molecule has 0 N–H and O–H groups in total. The monoisotopic (exact) mass is 316 g/mol. The number of hydrogen-bond donors (Lipinski definition) is 0. The molecular formula is C14H21FN2O3S. The van der Waals surface area contributed by atoms with Gasteiger partial charge < -0.3 is 9.64 Å². The number of benzene rings is 1. The number of piperazine rings is 1. The summed E-state index contributed by atoms with van der Waals surface area (Å²) in [6.45, 7) is 3.90. The van der Waals surface area contributed by atoms with Crippen molar-refractivity contribution in [2.24, 2.45) is 0 Å². The van der Waals surface area contributed by atoms with Crippen LogP contribution in [0.3, 0.4) is 0 Å². The number of halogens is 1. The maximum Gasteiger partial charge on any atom is 0.214 e. The lowest BCUT2D eigenvalue weighted by Gasteiger charge is -2.35. The number of anilines is 1. The van der Waals surface area contributed by atoms with Crippen molar-refractivity contribution in [3.05, 3.63) is 24.0 Å². The van der Waals surface area contributed by atoms with Crippen LogP contribution in [0.25, 0.3) is 0 Å². The van der Waals surface area contributed by atoms with Gasteiger partial charge in [-0.1, -0.05) is 6.92 Å². The van der Waals surface area contributed by atoms with E-state index >= 15 is 0 Å². The Morgan fingerprint density at radius 2 is 1.90 bits per heavy atom. The molecule has 2 rings (SSSR count). The predicted molar refractivity (Wildman–Crippen MR) is 80.8 cm³/mol. The highest BCUT2D eigenvalue weighted by Gasteiger charge is 2.27. The van der Waals surface area contributed by atoms with E-state index in [1.54, 1.807) is 6.07 Å². The summed E-state index contributed by atoms with van der Waals surface area (Å²) in [5.41, 5.74) is 0.798. The minimum Gasteiger partial charge on any atom is -0.494 e. The molecule has 0 spiro atoms. The largest absolute Gasteiger partial charge is 0.494 e. The Labute approximate surface area is 125 Å². The molecule has 1 aromatic rings. The normalized spacial score (nSPS) is 17.0. The fraction of sp³-hybridized carbons (Fsp3) is 0.571. The van der Waals surface area contributed by atoms with Crippen molar-refractivity contribution in [1.29, 1.82) is 0 Å². The van der Waals surface area contributed by atoms with Crippen molar-refractivity contribution in [2.45, 2.75) is 13.3 Å². The van der Waals surface area contributed by atoms with E-state index in [-0.39, 0.29) is 11.6 Å². The molecule has 0 aromatic heterocycles. The summed E-state index contributed by atoms with van der Waals surface area (Å²) in [6.07, 6.45) is 0.619. The molecule has 0 radical (unpaired) electrons. The highest BCUT2D eigenvalue weighted by Crippen LogP contribution is 2.30. The Balaban J connectivity index is 2.08. The lowest BCUT2D eigenvalue weighted by atomic mass is 10.2. The van der Waals surface area contributed by atoms with Crippen LogP contribution < -0.4 is 9.64 Å². The first kappa shape index (κ1) is 16.0. The fourth-order valence-corrected chi connectivity index (χ4v) is 4.00. The summed E-state index contributed by atoms with van der Waals surface area (Å²) >= 11 is 0. The molecule has 1 aromatic carbocycles. The zero-order valence-corrected chi connectivity index (χ0v) is 13.2. The Morgan fingerprint density at radius 3 is 2.48 bits per heavy atom. The third-order valence-electron chi connectivity index (χ3n) is 3.58. The van der Waals surface area contributed by atoms with Crippen LogP contribution in [0.5, 0.6) is 5.75 Å². The number of rotatable bonds is 5. The molecule has 1 heterocycles. The van der Waals surface area contributed by atoms with Crippen LogP contribution >= 0.6 is 0 Å². The SMILES string of the molecule is CCCS(=O)(=O)N1CCN(c2ccc(F)cc2OC)CC1. The van der Waals surface area contributed by atoms with E-state index < -0.39 is 10.0 Å². The van der Waals surface area contributed by atoms with Crippen molar-refractivity contribution in [1.82, 2.24) is 4.31 Å². The third kappa shape index (κ3) is 3.65. The second-order valence-corrected chi connectivity index (χ2v) is 7.11. The first-order valence-electron chi connectivity index (χ1n) is 7.04. The van der Waals surface area contributed by atoms with Crippen LogP contribution in [-0.2, 0) is 10.0 Å². The van der Waals surface area contributed by atoms with Gasteiger partial charge in [-0.25, -0.2) is 12.8 Å². The molecule has 0 atom stereocenters. The van der Waals surface area contributed by atoms with Gasteiger partial charge >= 0.3 is 0 Å². The summed E-state index contributed by atoms with van der Waals surface area (Å²) < 4.78 is 44.0. The lowest BCUT2D eigenvalue weighted by Crippen LogP contribution is -2.49. The second kappa shape index (κ2) is 6.62. The maximum absolute atomic E-state index is 13.2. The van der Waals surface area contributed by atoms with Gasteiger partial charge in [-0.2, -0.15) is 4.31 Å².